The lowest BCUT2D eigenvalue weighted by atomic mass is 10.1. The third-order valence-electron chi connectivity index (χ3n) is 4.79. The van der Waals surface area contributed by atoms with Gasteiger partial charge in [-0.1, -0.05) is 0 Å². The number of hydrogen-bond acceptors (Lipinski definition) is 6. The number of amides is 1. The van der Waals surface area contributed by atoms with Crippen LogP contribution in [-0.4, -0.2) is 65.6 Å². The summed E-state index contributed by atoms with van der Waals surface area (Å²) in [7, 11) is 3.31. The Morgan fingerprint density at radius 1 is 1.26 bits per heavy atom. The van der Waals surface area contributed by atoms with E-state index in [1.165, 1.54) is 0 Å². The quantitative estimate of drug-likeness (QED) is 0.724. The van der Waals surface area contributed by atoms with Crippen LogP contribution in [-0.2, 0) is 9.53 Å². The number of benzene rings is 1. The minimum absolute atomic E-state index is 0. The van der Waals surface area contributed by atoms with E-state index in [-0.39, 0.29) is 36.8 Å². The molecule has 9 heteroatoms. The molecule has 0 bridgehead atoms. The third kappa shape index (κ3) is 6.31. The van der Waals surface area contributed by atoms with Crippen molar-refractivity contribution in [2.24, 2.45) is 5.92 Å². The van der Waals surface area contributed by atoms with E-state index in [1.54, 1.807) is 14.2 Å². The average molecular weight is 422 g/mol. The standard InChI is InChI=1S/C18H27N3O4.2ClH/c1-23-15-7-14(8-16(9-15)24-2)21-5-3-13(11-21)10-20-18(22)17-12-25-6-4-19-17;;/h7-9,13,17,19H,3-6,10-12H2,1-2H3,(H,20,22);2*1H. The normalized spacial score (nSPS) is 21.6. The zero-order valence-electron chi connectivity index (χ0n) is 15.7. The Balaban J connectivity index is 0.00000182. The number of hydrogen-bond donors (Lipinski definition) is 2. The summed E-state index contributed by atoms with van der Waals surface area (Å²) in [5.41, 5.74) is 1.09. The Morgan fingerprint density at radius 2 is 1.96 bits per heavy atom. The van der Waals surface area contributed by atoms with Crippen LogP contribution in [0.3, 0.4) is 0 Å². The molecule has 0 saturated carbocycles. The predicted octanol–water partition coefficient (Wildman–Crippen LogP) is 1.48. The molecule has 0 radical (unpaired) electrons. The Morgan fingerprint density at radius 3 is 2.56 bits per heavy atom. The fraction of sp³-hybridized carbons (Fsp3) is 0.611. The van der Waals surface area contributed by atoms with Crippen molar-refractivity contribution in [2.75, 3.05) is 58.5 Å². The molecular formula is C18H29Cl2N3O4. The molecule has 2 unspecified atom stereocenters. The van der Waals surface area contributed by atoms with Gasteiger partial charge in [-0.05, 0) is 12.3 Å². The van der Waals surface area contributed by atoms with Crippen molar-refractivity contribution >= 4 is 36.4 Å². The van der Waals surface area contributed by atoms with E-state index >= 15 is 0 Å². The van der Waals surface area contributed by atoms with Crippen LogP contribution in [0.2, 0.25) is 0 Å². The lowest BCUT2D eigenvalue weighted by Crippen LogP contribution is -2.52. The van der Waals surface area contributed by atoms with Crippen LogP contribution in [0.5, 0.6) is 11.5 Å². The summed E-state index contributed by atoms with van der Waals surface area (Å²) >= 11 is 0. The summed E-state index contributed by atoms with van der Waals surface area (Å²) in [5.74, 6) is 2.04. The molecule has 7 nitrogen and oxygen atoms in total. The van der Waals surface area contributed by atoms with Gasteiger partial charge in [0.05, 0.1) is 27.4 Å². The number of halogens is 2. The van der Waals surface area contributed by atoms with Crippen LogP contribution in [0, 0.1) is 5.92 Å². The van der Waals surface area contributed by atoms with Crippen molar-refractivity contribution in [1.29, 1.82) is 0 Å². The molecule has 2 heterocycles. The fourth-order valence-electron chi connectivity index (χ4n) is 3.31. The van der Waals surface area contributed by atoms with Gasteiger partial charge in [0.1, 0.15) is 17.5 Å². The van der Waals surface area contributed by atoms with Gasteiger partial charge in [-0.25, -0.2) is 0 Å². The number of morpholine rings is 1. The van der Waals surface area contributed by atoms with Crippen LogP contribution in [0.1, 0.15) is 6.42 Å². The fourth-order valence-corrected chi connectivity index (χ4v) is 3.31. The molecule has 2 saturated heterocycles. The molecule has 2 aliphatic heterocycles. The third-order valence-corrected chi connectivity index (χ3v) is 4.79. The van der Waals surface area contributed by atoms with E-state index in [2.05, 4.69) is 15.5 Å². The Bertz CT molecular complexity index is 578. The monoisotopic (exact) mass is 421 g/mol. The number of carbonyl (C=O) groups is 1. The van der Waals surface area contributed by atoms with Crippen LogP contribution in [0.25, 0.3) is 0 Å². The summed E-state index contributed by atoms with van der Waals surface area (Å²) in [6, 6.07) is 5.68. The highest BCUT2D eigenvalue weighted by Gasteiger charge is 2.26. The van der Waals surface area contributed by atoms with E-state index in [1.807, 2.05) is 18.2 Å². The molecule has 2 aliphatic rings. The maximum Gasteiger partial charge on any atom is 0.239 e. The summed E-state index contributed by atoms with van der Waals surface area (Å²) in [6.45, 7) is 4.41. The molecule has 3 rings (SSSR count). The highest BCUT2D eigenvalue weighted by Crippen LogP contribution is 2.31. The van der Waals surface area contributed by atoms with Crippen LogP contribution < -0.4 is 25.0 Å². The Labute approximate surface area is 172 Å². The second-order valence-corrected chi connectivity index (χ2v) is 6.50. The molecule has 1 amide bonds. The molecule has 2 N–H and O–H groups in total. The van der Waals surface area contributed by atoms with Crippen molar-refractivity contribution in [1.82, 2.24) is 10.6 Å². The second kappa shape index (κ2) is 11.4. The number of anilines is 1. The summed E-state index contributed by atoms with van der Waals surface area (Å²) in [6.07, 6.45) is 1.05. The van der Waals surface area contributed by atoms with Gasteiger partial charge in [0.25, 0.3) is 0 Å². The Kier molecular flexibility index (Phi) is 10.0. The highest BCUT2D eigenvalue weighted by molar-refractivity contribution is 5.85. The molecule has 0 spiro atoms. The molecule has 2 fully saturated rings. The molecule has 1 aromatic rings. The number of ether oxygens (including phenoxy) is 3. The average Bonchev–Trinajstić information content (AvgIpc) is 3.15. The van der Waals surface area contributed by atoms with Crippen molar-refractivity contribution in [3.63, 3.8) is 0 Å². The highest BCUT2D eigenvalue weighted by atomic mass is 35.5. The van der Waals surface area contributed by atoms with Crippen LogP contribution >= 0.6 is 24.8 Å². The molecule has 0 aromatic heterocycles. The second-order valence-electron chi connectivity index (χ2n) is 6.50. The Hall–Kier alpha value is -1.41. The summed E-state index contributed by atoms with van der Waals surface area (Å²) < 4.78 is 16.0. The first-order valence-corrected chi connectivity index (χ1v) is 8.76. The van der Waals surface area contributed by atoms with Gasteiger partial charge in [-0.3, -0.25) is 4.79 Å². The van der Waals surface area contributed by atoms with E-state index in [9.17, 15) is 4.79 Å². The molecular weight excluding hydrogens is 393 g/mol. The first-order valence-electron chi connectivity index (χ1n) is 8.76. The van der Waals surface area contributed by atoms with Crippen LogP contribution in [0.15, 0.2) is 18.2 Å². The van der Waals surface area contributed by atoms with Gasteiger partial charge in [0, 0.05) is 50.1 Å². The number of nitrogens with one attached hydrogen (secondary N) is 2. The van der Waals surface area contributed by atoms with Crippen molar-refractivity contribution in [2.45, 2.75) is 12.5 Å². The SMILES string of the molecule is COc1cc(OC)cc(N2CCC(CNC(=O)C3COCCN3)C2)c1.Cl.Cl. The maximum atomic E-state index is 12.2. The number of methoxy groups -OCH3 is 2. The topological polar surface area (TPSA) is 72.1 Å². The zero-order valence-corrected chi connectivity index (χ0v) is 17.4. The first-order chi connectivity index (χ1) is 12.2. The van der Waals surface area contributed by atoms with Crippen molar-refractivity contribution < 1.29 is 19.0 Å². The summed E-state index contributed by atoms with van der Waals surface area (Å²) in [4.78, 5) is 14.5. The molecule has 1 aromatic carbocycles. The molecule has 154 valence electrons. The minimum Gasteiger partial charge on any atom is -0.497 e. The number of carbonyl (C=O) groups excluding carboxylic acids is 1. The van der Waals surface area contributed by atoms with Crippen molar-refractivity contribution in [3.05, 3.63) is 18.2 Å². The van der Waals surface area contributed by atoms with Gasteiger partial charge >= 0.3 is 0 Å². The molecule has 0 aliphatic carbocycles. The van der Waals surface area contributed by atoms with Gasteiger partial charge in [-0.15, -0.1) is 24.8 Å². The largest absolute Gasteiger partial charge is 0.497 e. The predicted molar refractivity (Wildman–Crippen MR) is 110 cm³/mol. The zero-order chi connectivity index (χ0) is 17.6. The number of nitrogens with zero attached hydrogens (tertiary/aromatic N) is 1. The van der Waals surface area contributed by atoms with E-state index < -0.39 is 0 Å². The van der Waals surface area contributed by atoms with Gasteiger partial charge in [-0.2, -0.15) is 0 Å². The first kappa shape index (κ1) is 23.6. The van der Waals surface area contributed by atoms with Gasteiger partial charge in [0.2, 0.25) is 5.91 Å². The van der Waals surface area contributed by atoms with Crippen molar-refractivity contribution in [3.8, 4) is 11.5 Å². The maximum absolute atomic E-state index is 12.2. The molecule has 2 atom stereocenters. The number of rotatable bonds is 6. The van der Waals surface area contributed by atoms with E-state index in [0.29, 0.717) is 25.7 Å². The lowest BCUT2D eigenvalue weighted by molar-refractivity contribution is -0.126. The van der Waals surface area contributed by atoms with E-state index in [4.69, 9.17) is 14.2 Å². The van der Waals surface area contributed by atoms with Crippen LogP contribution in [0.4, 0.5) is 5.69 Å². The van der Waals surface area contributed by atoms with E-state index in [0.717, 1.165) is 43.2 Å². The smallest absolute Gasteiger partial charge is 0.239 e. The minimum atomic E-state index is -0.228. The molecule has 27 heavy (non-hydrogen) atoms. The summed E-state index contributed by atoms with van der Waals surface area (Å²) in [5, 5.41) is 6.23. The lowest BCUT2D eigenvalue weighted by Gasteiger charge is -2.24. The van der Waals surface area contributed by atoms with Gasteiger partial charge < -0.3 is 29.7 Å². The van der Waals surface area contributed by atoms with Gasteiger partial charge in [0.15, 0.2) is 0 Å².